The standard InChI is InChI=1S/C12H12N6OS/c1-17-9-4-2-3-5-10(9)20-12(17)16-15-11(19)6-18-8-13-7-14-18/h2-5,7-8H,6H2,1H3,(H,15,19)/b16-12+. The highest BCUT2D eigenvalue weighted by molar-refractivity contribution is 7.16. The van der Waals surface area contributed by atoms with Crippen molar-refractivity contribution < 1.29 is 4.79 Å². The minimum absolute atomic E-state index is 0.0953. The summed E-state index contributed by atoms with van der Waals surface area (Å²) in [6.45, 7) is 0.0953. The first kappa shape index (κ1) is 12.5. The zero-order valence-electron chi connectivity index (χ0n) is 10.7. The number of rotatable bonds is 3. The fourth-order valence-corrected chi connectivity index (χ4v) is 2.77. The Morgan fingerprint density at radius 1 is 1.45 bits per heavy atom. The number of aromatic nitrogens is 4. The molecule has 0 radical (unpaired) electrons. The van der Waals surface area contributed by atoms with Gasteiger partial charge in [0, 0.05) is 7.05 Å². The van der Waals surface area contributed by atoms with Crippen LogP contribution in [0.5, 0.6) is 0 Å². The van der Waals surface area contributed by atoms with Crippen LogP contribution in [0.2, 0.25) is 0 Å². The van der Waals surface area contributed by atoms with Gasteiger partial charge in [-0.1, -0.05) is 23.5 Å². The van der Waals surface area contributed by atoms with Crippen LogP contribution in [0.3, 0.4) is 0 Å². The van der Waals surface area contributed by atoms with Crippen molar-refractivity contribution in [3.05, 3.63) is 41.7 Å². The third kappa shape index (κ3) is 2.45. The van der Waals surface area contributed by atoms with Gasteiger partial charge in [-0.05, 0) is 12.1 Å². The molecule has 1 amide bonds. The van der Waals surface area contributed by atoms with Crippen LogP contribution in [0.4, 0.5) is 0 Å². The molecule has 20 heavy (non-hydrogen) atoms. The largest absolute Gasteiger partial charge is 0.318 e. The summed E-state index contributed by atoms with van der Waals surface area (Å²) in [6.07, 6.45) is 2.87. The smallest absolute Gasteiger partial charge is 0.261 e. The molecule has 2 heterocycles. The Morgan fingerprint density at radius 2 is 2.30 bits per heavy atom. The fourth-order valence-electron chi connectivity index (χ4n) is 1.80. The van der Waals surface area contributed by atoms with Gasteiger partial charge < -0.3 is 4.57 Å². The lowest BCUT2D eigenvalue weighted by Gasteiger charge is -1.99. The van der Waals surface area contributed by atoms with Gasteiger partial charge in [-0.2, -0.15) is 5.10 Å². The maximum atomic E-state index is 11.7. The monoisotopic (exact) mass is 288 g/mol. The summed E-state index contributed by atoms with van der Waals surface area (Å²) in [5.74, 6) is -0.243. The van der Waals surface area contributed by atoms with E-state index >= 15 is 0 Å². The highest BCUT2D eigenvalue weighted by atomic mass is 32.1. The van der Waals surface area contributed by atoms with Gasteiger partial charge in [0.05, 0.1) is 10.2 Å². The molecule has 0 spiro atoms. The summed E-state index contributed by atoms with van der Waals surface area (Å²) in [4.78, 5) is 16.2. The average Bonchev–Trinajstić information content (AvgIpc) is 3.06. The first-order valence-corrected chi connectivity index (χ1v) is 6.75. The number of aryl methyl sites for hydroxylation is 1. The number of carbonyl (C=O) groups excluding carboxylic acids is 1. The van der Waals surface area contributed by atoms with Crippen LogP contribution < -0.4 is 10.2 Å². The number of nitrogens with zero attached hydrogens (tertiary/aromatic N) is 5. The molecule has 0 aliphatic heterocycles. The van der Waals surface area contributed by atoms with E-state index in [1.54, 1.807) is 0 Å². The van der Waals surface area contributed by atoms with Crippen molar-refractivity contribution in [3.63, 3.8) is 0 Å². The number of carbonyl (C=O) groups is 1. The number of amides is 1. The van der Waals surface area contributed by atoms with E-state index in [0.29, 0.717) is 0 Å². The van der Waals surface area contributed by atoms with Crippen LogP contribution in [0.1, 0.15) is 0 Å². The first-order valence-electron chi connectivity index (χ1n) is 5.93. The van der Waals surface area contributed by atoms with E-state index in [4.69, 9.17) is 0 Å². The molecule has 1 aromatic carbocycles. The molecule has 0 aliphatic carbocycles. The molecule has 3 rings (SSSR count). The summed E-state index contributed by atoms with van der Waals surface area (Å²) in [7, 11) is 1.92. The van der Waals surface area contributed by atoms with Gasteiger partial charge in [-0.25, -0.2) is 15.1 Å². The van der Waals surface area contributed by atoms with Crippen LogP contribution in [-0.4, -0.2) is 25.2 Å². The van der Waals surface area contributed by atoms with Crippen molar-refractivity contribution in [1.82, 2.24) is 24.8 Å². The SMILES string of the molecule is Cn1/c(=N\NC(=O)Cn2cncn2)sc2ccccc21. The molecule has 0 unspecified atom stereocenters. The summed E-state index contributed by atoms with van der Waals surface area (Å²) in [6, 6.07) is 7.99. The predicted molar refractivity (Wildman–Crippen MR) is 74.5 cm³/mol. The van der Waals surface area contributed by atoms with E-state index in [-0.39, 0.29) is 12.5 Å². The van der Waals surface area contributed by atoms with E-state index < -0.39 is 0 Å². The molecule has 0 aliphatic rings. The fraction of sp³-hybridized carbons (Fsp3) is 0.167. The molecule has 102 valence electrons. The molecule has 1 N–H and O–H groups in total. The van der Waals surface area contributed by atoms with Gasteiger partial charge in [0.2, 0.25) is 4.80 Å². The van der Waals surface area contributed by atoms with Crippen LogP contribution in [0, 0.1) is 0 Å². The minimum Gasteiger partial charge on any atom is -0.318 e. The number of fused-ring (bicyclic) bond motifs is 1. The molecule has 3 aromatic rings. The molecular weight excluding hydrogens is 276 g/mol. The number of para-hydroxylation sites is 1. The van der Waals surface area contributed by atoms with Gasteiger partial charge in [-0.15, -0.1) is 5.10 Å². The maximum absolute atomic E-state index is 11.7. The second-order valence-corrected chi connectivity index (χ2v) is 5.16. The van der Waals surface area contributed by atoms with E-state index in [1.165, 1.54) is 28.7 Å². The van der Waals surface area contributed by atoms with Gasteiger partial charge in [0.15, 0.2) is 0 Å². The minimum atomic E-state index is -0.243. The molecule has 0 atom stereocenters. The second kappa shape index (κ2) is 5.25. The Bertz CT molecular complexity index is 801. The molecule has 0 saturated carbocycles. The molecule has 2 aromatic heterocycles. The lowest BCUT2D eigenvalue weighted by atomic mass is 10.3. The van der Waals surface area contributed by atoms with Crippen molar-refractivity contribution in [1.29, 1.82) is 0 Å². The predicted octanol–water partition coefficient (Wildman–Crippen LogP) is 0.463. The molecule has 7 nitrogen and oxygen atoms in total. The normalized spacial score (nSPS) is 11.9. The van der Waals surface area contributed by atoms with E-state index in [2.05, 4.69) is 20.6 Å². The molecular formula is C12H12N6OS. The van der Waals surface area contributed by atoms with Gasteiger partial charge in [-0.3, -0.25) is 4.79 Å². The summed E-state index contributed by atoms with van der Waals surface area (Å²) >= 11 is 1.52. The van der Waals surface area contributed by atoms with E-state index in [1.807, 2.05) is 35.9 Å². The Balaban J connectivity index is 1.80. The van der Waals surface area contributed by atoms with Crippen molar-refractivity contribution in [2.75, 3.05) is 0 Å². The zero-order valence-corrected chi connectivity index (χ0v) is 11.5. The molecule has 0 fully saturated rings. The van der Waals surface area contributed by atoms with Crippen molar-refractivity contribution in [3.8, 4) is 0 Å². The quantitative estimate of drug-likeness (QED) is 0.711. The molecule has 8 heteroatoms. The number of hydrogen-bond donors (Lipinski definition) is 1. The van der Waals surface area contributed by atoms with Gasteiger partial charge in [0.25, 0.3) is 5.91 Å². The Kier molecular flexibility index (Phi) is 3.30. The lowest BCUT2D eigenvalue weighted by molar-refractivity contribution is -0.121. The van der Waals surface area contributed by atoms with Crippen LogP contribution in [-0.2, 0) is 18.4 Å². The number of thiazole rings is 1. The number of benzene rings is 1. The summed E-state index contributed by atoms with van der Waals surface area (Å²) in [5.41, 5.74) is 3.61. The number of nitrogens with one attached hydrogen (secondary N) is 1. The van der Waals surface area contributed by atoms with E-state index in [9.17, 15) is 4.79 Å². The topological polar surface area (TPSA) is 77.1 Å². The zero-order chi connectivity index (χ0) is 13.9. The summed E-state index contributed by atoms with van der Waals surface area (Å²) < 4.78 is 4.50. The summed E-state index contributed by atoms with van der Waals surface area (Å²) in [5, 5.41) is 8.01. The number of hydrogen-bond acceptors (Lipinski definition) is 5. The first-order chi connectivity index (χ1) is 9.74. The van der Waals surface area contributed by atoms with E-state index in [0.717, 1.165) is 15.0 Å². The average molecular weight is 288 g/mol. The molecule has 0 bridgehead atoms. The Labute approximate surface area is 118 Å². The second-order valence-electron chi connectivity index (χ2n) is 4.15. The lowest BCUT2D eigenvalue weighted by Crippen LogP contribution is -2.26. The third-order valence-electron chi connectivity index (χ3n) is 2.76. The van der Waals surface area contributed by atoms with Crippen molar-refractivity contribution in [2.24, 2.45) is 12.1 Å². The highest BCUT2D eigenvalue weighted by Gasteiger charge is 2.04. The maximum Gasteiger partial charge on any atom is 0.261 e. The third-order valence-corrected chi connectivity index (χ3v) is 3.88. The highest BCUT2D eigenvalue weighted by Crippen LogP contribution is 2.14. The van der Waals surface area contributed by atoms with Crippen LogP contribution >= 0.6 is 11.3 Å². The van der Waals surface area contributed by atoms with Crippen molar-refractivity contribution >= 4 is 27.5 Å². The Morgan fingerprint density at radius 3 is 3.05 bits per heavy atom. The van der Waals surface area contributed by atoms with Crippen LogP contribution in [0.25, 0.3) is 10.2 Å². The van der Waals surface area contributed by atoms with Crippen molar-refractivity contribution in [2.45, 2.75) is 6.54 Å². The molecule has 0 saturated heterocycles. The van der Waals surface area contributed by atoms with Crippen LogP contribution in [0.15, 0.2) is 42.0 Å². The Hall–Kier alpha value is -2.48. The van der Waals surface area contributed by atoms with Gasteiger partial charge >= 0.3 is 0 Å². The van der Waals surface area contributed by atoms with Gasteiger partial charge in [0.1, 0.15) is 19.2 Å².